The van der Waals surface area contributed by atoms with E-state index < -0.39 is 0 Å². The predicted octanol–water partition coefficient (Wildman–Crippen LogP) is 3.77. The van der Waals surface area contributed by atoms with Crippen LogP contribution in [0.15, 0.2) is 55.1 Å². The zero-order chi connectivity index (χ0) is 13.0. The van der Waals surface area contributed by atoms with Crippen LogP contribution in [-0.4, -0.2) is 14.2 Å². The van der Waals surface area contributed by atoms with E-state index in [1.54, 1.807) is 14.2 Å². The van der Waals surface area contributed by atoms with Crippen LogP contribution >= 0.6 is 0 Å². The Bertz CT molecular complexity index is 544. The minimum atomic E-state index is 0.767. The van der Waals surface area contributed by atoms with Gasteiger partial charge in [0.05, 0.1) is 14.2 Å². The Balaban J connectivity index is 2.42. The first-order valence-corrected chi connectivity index (χ1v) is 5.73. The fraction of sp³-hybridized carbons (Fsp3) is 0.125. The lowest BCUT2D eigenvalue weighted by atomic mass is 9.99. The average Bonchev–Trinajstić information content (AvgIpc) is 2.46. The van der Waals surface area contributed by atoms with Gasteiger partial charge < -0.3 is 9.47 Å². The Morgan fingerprint density at radius 2 is 1.67 bits per heavy atom. The van der Waals surface area contributed by atoms with Crippen molar-refractivity contribution >= 4 is 5.57 Å². The molecule has 0 saturated carbocycles. The highest BCUT2D eigenvalue weighted by Crippen LogP contribution is 2.32. The van der Waals surface area contributed by atoms with Gasteiger partial charge in [0, 0.05) is 11.6 Å². The van der Waals surface area contributed by atoms with Gasteiger partial charge in [-0.3, -0.25) is 0 Å². The Morgan fingerprint density at radius 1 is 0.944 bits per heavy atom. The van der Waals surface area contributed by atoms with Gasteiger partial charge in [-0.25, -0.2) is 0 Å². The Hall–Kier alpha value is -2.22. The van der Waals surface area contributed by atoms with E-state index in [0.717, 1.165) is 28.2 Å². The summed E-state index contributed by atoms with van der Waals surface area (Å²) in [5.41, 5.74) is 3.00. The molecule has 0 aromatic heterocycles. The monoisotopic (exact) mass is 240 g/mol. The molecule has 0 heterocycles. The fourth-order valence-electron chi connectivity index (χ4n) is 1.84. The number of benzene rings is 2. The third kappa shape index (κ3) is 2.38. The van der Waals surface area contributed by atoms with Crippen LogP contribution in [0, 0.1) is 0 Å². The molecule has 2 heteroatoms. The molecule has 0 spiro atoms. The molecule has 0 unspecified atom stereocenters. The smallest absolute Gasteiger partial charge is 0.130 e. The standard InChI is InChI=1S/C16H16O2/c1-12(13-7-5-4-6-8-13)15-10-9-14(17-2)11-16(15)18-3/h4-11H,1H2,2-3H3. The first-order valence-electron chi connectivity index (χ1n) is 5.73. The fourth-order valence-corrected chi connectivity index (χ4v) is 1.84. The van der Waals surface area contributed by atoms with Gasteiger partial charge in [0.1, 0.15) is 11.5 Å². The lowest BCUT2D eigenvalue weighted by Crippen LogP contribution is -1.94. The number of methoxy groups -OCH3 is 2. The van der Waals surface area contributed by atoms with E-state index in [1.807, 2.05) is 48.5 Å². The maximum absolute atomic E-state index is 5.39. The maximum Gasteiger partial charge on any atom is 0.130 e. The van der Waals surface area contributed by atoms with E-state index in [2.05, 4.69) is 6.58 Å². The highest BCUT2D eigenvalue weighted by molar-refractivity contribution is 5.81. The van der Waals surface area contributed by atoms with E-state index >= 15 is 0 Å². The molecule has 18 heavy (non-hydrogen) atoms. The van der Waals surface area contributed by atoms with Crippen LogP contribution in [0.1, 0.15) is 11.1 Å². The summed E-state index contributed by atoms with van der Waals surface area (Å²) in [7, 11) is 3.29. The predicted molar refractivity (Wildman–Crippen MR) is 74.1 cm³/mol. The molecular weight excluding hydrogens is 224 g/mol. The van der Waals surface area contributed by atoms with Gasteiger partial charge in [-0.1, -0.05) is 36.9 Å². The molecule has 0 bridgehead atoms. The number of hydrogen-bond donors (Lipinski definition) is 0. The molecule has 0 fully saturated rings. The summed E-state index contributed by atoms with van der Waals surface area (Å²) in [5, 5.41) is 0. The van der Waals surface area contributed by atoms with Gasteiger partial charge in [-0.15, -0.1) is 0 Å². The van der Waals surface area contributed by atoms with Crippen molar-refractivity contribution in [2.45, 2.75) is 0 Å². The molecule has 0 radical (unpaired) electrons. The van der Waals surface area contributed by atoms with Crippen molar-refractivity contribution in [3.63, 3.8) is 0 Å². The molecule has 0 aliphatic rings. The van der Waals surface area contributed by atoms with Crippen LogP contribution in [0.25, 0.3) is 5.57 Å². The van der Waals surface area contributed by atoms with Crippen LogP contribution in [0.3, 0.4) is 0 Å². The Kier molecular flexibility index (Phi) is 3.68. The molecule has 2 nitrogen and oxygen atoms in total. The van der Waals surface area contributed by atoms with Gasteiger partial charge in [0.15, 0.2) is 0 Å². The zero-order valence-corrected chi connectivity index (χ0v) is 10.6. The number of ether oxygens (including phenoxy) is 2. The highest BCUT2D eigenvalue weighted by Gasteiger charge is 2.09. The van der Waals surface area contributed by atoms with Gasteiger partial charge in [0.25, 0.3) is 0 Å². The number of rotatable bonds is 4. The molecule has 0 aliphatic heterocycles. The average molecular weight is 240 g/mol. The third-order valence-corrected chi connectivity index (χ3v) is 2.86. The van der Waals surface area contributed by atoms with E-state index in [-0.39, 0.29) is 0 Å². The van der Waals surface area contributed by atoms with Gasteiger partial charge in [-0.2, -0.15) is 0 Å². The van der Waals surface area contributed by atoms with Crippen molar-refractivity contribution in [2.24, 2.45) is 0 Å². The Morgan fingerprint density at radius 3 is 2.28 bits per heavy atom. The van der Waals surface area contributed by atoms with Crippen molar-refractivity contribution in [1.82, 2.24) is 0 Å². The SMILES string of the molecule is C=C(c1ccccc1)c1ccc(OC)cc1OC. The molecule has 2 aromatic rings. The number of hydrogen-bond acceptors (Lipinski definition) is 2. The van der Waals surface area contributed by atoms with Crippen LogP contribution in [-0.2, 0) is 0 Å². The van der Waals surface area contributed by atoms with Crippen molar-refractivity contribution in [1.29, 1.82) is 0 Å². The maximum atomic E-state index is 5.39. The van der Waals surface area contributed by atoms with Crippen molar-refractivity contribution in [3.8, 4) is 11.5 Å². The van der Waals surface area contributed by atoms with Crippen molar-refractivity contribution in [3.05, 3.63) is 66.2 Å². The zero-order valence-electron chi connectivity index (χ0n) is 10.6. The summed E-state index contributed by atoms with van der Waals surface area (Å²) in [6.45, 7) is 4.14. The molecule has 2 aromatic carbocycles. The summed E-state index contributed by atoms with van der Waals surface area (Å²) in [6, 6.07) is 15.8. The molecule has 0 saturated heterocycles. The van der Waals surface area contributed by atoms with E-state index in [0.29, 0.717) is 0 Å². The van der Waals surface area contributed by atoms with E-state index in [9.17, 15) is 0 Å². The molecule has 92 valence electrons. The van der Waals surface area contributed by atoms with Crippen molar-refractivity contribution in [2.75, 3.05) is 14.2 Å². The largest absolute Gasteiger partial charge is 0.497 e. The lowest BCUT2D eigenvalue weighted by Gasteiger charge is -2.12. The van der Waals surface area contributed by atoms with Gasteiger partial charge in [-0.05, 0) is 23.3 Å². The molecule has 0 amide bonds. The summed E-state index contributed by atoms with van der Waals surface area (Å²) in [6.07, 6.45) is 0. The van der Waals surface area contributed by atoms with Gasteiger partial charge in [0.2, 0.25) is 0 Å². The third-order valence-electron chi connectivity index (χ3n) is 2.86. The minimum Gasteiger partial charge on any atom is -0.497 e. The summed E-state index contributed by atoms with van der Waals surface area (Å²) >= 11 is 0. The quantitative estimate of drug-likeness (QED) is 0.810. The van der Waals surface area contributed by atoms with E-state index in [4.69, 9.17) is 9.47 Å². The molecule has 0 aliphatic carbocycles. The molecular formula is C16H16O2. The summed E-state index contributed by atoms with van der Waals surface area (Å²) < 4.78 is 10.6. The van der Waals surface area contributed by atoms with Crippen LogP contribution in [0.4, 0.5) is 0 Å². The summed E-state index contributed by atoms with van der Waals surface area (Å²) in [4.78, 5) is 0. The minimum absolute atomic E-state index is 0.767. The summed E-state index contributed by atoms with van der Waals surface area (Å²) in [5.74, 6) is 1.54. The van der Waals surface area contributed by atoms with Gasteiger partial charge >= 0.3 is 0 Å². The van der Waals surface area contributed by atoms with Crippen LogP contribution < -0.4 is 9.47 Å². The van der Waals surface area contributed by atoms with Crippen LogP contribution in [0.5, 0.6) is 11.5 Å². The topological polar surface area (TPSA) is 18.5 Å². The Labute approximate surface area is 107 Å². The first kappa shape index (κ1) is 12.2. The molecule has 2 rings (SSSR count). The van der Waals surface area contributed by atoms with Crippen LogP contribution in [0.2, 0.25) is 0 Å². The van der Waals surface area contributed by atoms with E-state index in [1.165, 1.54) is 0 Å². The molecule has 0 atom stereocenters. The first-order chi connectivity index (χ1) is 8.76. The normalized spacial score (nSPS) is 9.89. The van der Waals surface area contributed by atoms with Crippen molar-refractivity contribution < 1.29 is 9.47 Å². The second-order valence-electron chi connectivity index (χ2n) is 3.91. The highest BCUT2D eigenvalue weighted by atomic mass is 16.5. The second kappa shape index (κ2) is 5.41. The molecule has 0 N–H and O–H groups in total. The lowest BCUT2D eigenvalue weighted by molar-refractivity contribution is 0.393. The second-order valence-corrected chi connectivity index (χ2v) is 3.91.